The van der Waals surface area contributed by atoms with Gasteiger partial charge in [0.1, 0.15) is 0 Å². The fourth-order valence-corrected chi connectivity index (χ4v) is 2.19. The second kappa shape index (κ2) is 6.64. The fraction of sp³-hybridized carbons (Fsp3) is 0.769. The van der Waals surface area contributed by atoms with Crippen molar-refractivity contribution in [1.82, 2.24) is 15.2 Å². The number of rotatable bonds is 5. The zero-order valence-corrected chi connectivity index (χ0v) is 11.3. The van der Waals surface area contributed by atoms with Crippen LogP contribution in [0.2, 0.25) is 0 Å². The molecule has 2 rings (SSSR count). The van der Waals surface area contributed by atoms with E-state index in [-0.39, 0.29) is 0 Å². The molecule has 5 heteroatoms. The molecule has 100 valence electrons. The molecule has 1 fully saturated rings. The highest BCUT2D eigenvalue weighted by molar-refractivity contribution is 5.25. The fourth-order valence-electron chi connectivity index (χ4n) is 2.19. The molecule has 0 bridgehead atoms. The monoisotopic (exact) mass is 250 g/mol. The van der Waals surface area contributed by atoms with Gasteiger partial charge >= 0.3 is 0 Å². The van der Waals surface area contributed by atoms with Crippen LogP contribution in [0, 0.1) is 0 Å². The van der Waals surface area contributed by atoms with Crippen molar-refractivity contribution in [3.63, 3.8) is 0 Å². The predicted octanol–water partition coefficient (Wildman–Crippen LogP) is 1.98. The van der Waals surface area contributed by atoms with Crippen LogP contribution in [0.3, 0.4) is 0 Å². The molecule has 1 unspecified atom stereocenters. The van der Waals surface area contributed by atoms with E-state index in [4.69, 9.17) is 4.74 Å². The Bertz CT molecular complexity index is 377. The number of nitrogens with one attached hydrogen (secondary N) is 1. The van der Waals surface area contributed by atoms with E-state index in [0.717, 1.165) is 43.8 Å². The minimum atomic E-state index is 0.290. The van der Waals surface area contributed by atoms with Gasteiger partial charge in [0, 0.05) is 13.2 Å². The lowest BCUT2D eigenvalue weighted by Gasteiger charge is -2.22. The highest BCUT2D eigenvalue weighted by Crippen LogP contribution is 2.13. The topological polar surface area (TPSA) is 59.9 Å². The van der Waals surface area contributed by atoms with Crippen LogP contribution >= 0.6 is 0 Å². The van der Waals surface area contributed by atoms with Gasteiger partial charge in [-0.15, -0.1) is 5.10 Å². The van der Waals surface area contributed by atoms with Gasteiger partial charge in [0.15, 0.2) is 0 Å². The Balaban J connectivity index is 1.92. The molecule has 1 atom stereocenters. The molecule has 1 saturated heterocycles. The maximum absolute atomic E-state index is 5.66. The number of anilines is 1. The van der Waals surface area contributed by atoms with Crippen LogP contribution < -0.4 is 5.32 Å². The van der Waals surface area contributed by atoms with Crippen molar-refractivity contribution >= 4 is 5.95 Å². The first-order chi connectivity index (χ1) is 8.83. The van der Waals surface area contributed by atoms with E-state index in [1.54, 1.807) is 0 Å². The molecule has 1 aromatic heterocycles. The van der Waals surface area contributed by atoms with E-state index in [2.05, 4.69) is 34.3 Å². The molecule has 0 amide bonds. The van der Waals surface area contributed by atoms with Crippen molar-refractivity contribution < 1.29 is 4.74 Å². The lowest BCUT2D eigenvalue weighted by molar-refractivity contribution is 0.0246. The highest BCUT2D eigenvalue weighted by atomic mass is 16.5. The first-order valence-corrected chi connectivity index (χ1v) is 6.91. The third kappa shape index (κ3) is 3.38. The van der Waals surface area contributed by atoms with Gasteiger partial charge in [0.2, 0.25) is 5.95 Å². The molecule has 0 aliphatic carbocycles. The summed E-state index contributed by atoms with van der Waals surface area (Å²) in [7, 11) is 0. The van der Waals surface area contributed by atoms with Crippen LogP contribution in [0.25, 0.3) is 0 Å². The zero-order valence-electron chi connectivity index (χ0n) is 11.3. The molecule has 2 heterocycles. The number of aromatic nitrogens is 3. The molecule has 0 radical (unpaired) electrons. The molecule has 0 saturated carbocycles. The Morgan fingerprint density at radius 2 is 2.00 bits per heavy atom. The van der Waals surface area contributed by atoms with Crippen LogP contribution in [0.4, 0.5) is 5.95 Å². The summed E-state index contributed by atoms with van der Waals surface area (Å²) >= 11 is 0. The van der Waals surface area contributed by atoms with E-state index < -0.39 is 0 Å². The molecule has 0 spiro atoms. The maximum atomic E-state index is 5.66. The summed E-state index contributed by atoms with van der Waals surface area (Å²) < 4.78 is 5.66. The van der Waals surface area contributed by atoms with E-state index in [1.807, 2.05) is 0 Å². The number of hydrogen-bond acceptors (Lipinski definition) is 5. The lowest BCUT2D eigenvalue weighted by Crippen LogP contribution is -2.27. The van der Waals surface area contributed by atoms with Gasteiger partial charge in [-0.1, -0.05) is 13.8 Å². The van der Waals surface area contributed by atoms with Crippen LogP contribution in [-0.2, 0) is 17.6 Å². The molecular weight excluding hydrogens is 228 g/mol. The van der Waals surface area contributed by atoms with Gasteiger partial charge in [0.25, 0.3) is 0 Å². The highest BCUT2D eigenvalue weighted by Gasteiger charge is 2.14. The second-order valence-corrected chi connectivity index (χ2v) is 4.61. The van der Waals surface area contributed by atoms with Gasteiger partial charge in [0.05, 0.1) is 17.5 Å². The smallest absolute Gasteiger partial charge is 0.243 e. The van der Waals surface area contributed by atoms with Crippen molar-refractivity contribution in [3.05, 3.63) is 11.4 Å². The minimum absolute atomic E-state index is 0.290. The van der Waals surface area contributed by atoms with Gasteiger partial charge in [-0.3, -0.25) is 0 Å². The number of hydrogen-bond donors (Lipinski definition) is 1. The first-order valence-electron chi connectivity index (χ1n) is 6.91. The predicted molar refractivity (Wildman–Crippen MR) is 70.7 cm³/mol. The molecule has 1 aromatic rings. The third-order valence-corrected chi connectivity index (χ3v) is 3.27. The van der Waals surface area contributed by atoms with Crippen molar-refractivity contribution in [1.29, 1.82) is 0 Å². The zero-order chi connectivity index (χ0) is 12.8. The van der Waals surface area contributed by atoms with E-state index >= 15 is 0 Å². The number of ether oxygens (including phenoxy) is 1. The number of aryl methyl sites for hydroxylation is 2. The van der Waals surface area contributed by atoms with Crippen molar-refractivity contribution in [2.24, 2.45) is 0 Å². The average molecular weight is 250 g/mol. The summed E-state index contributed by atoms with van der Waals surface area (Å²) in [5.41, 5.74) is 2.04. The summed E-state index contributed by atoms with van der Waals surface area (Å²) in [5, 5.41) is 11.6. The molecule has 1 aliphatic heterocycles. The summed E-state index contributed by atoms with van der Waals surface area (Å²) in [6, 6.07) is 0. The van der Waals surface area contributed by atoms with Crippen LogP contribution in [0.1, 0.15) is 44.5 Å². The summed E-state index contributed by atoms with van der Waals surface area (Å²) in [5.74, 6) is 0.623. The maximum Gasteiger partial charge on any atom is 0.243 e. The quantitative estimate of drug-likeness (QED) is 0.866. The van der Waals surface area contributed by atoms with Crippen molar-refractivity contribution in [2.45, 2.75) is 52.1 Å². The Kier molecular flexibility index (Phi) is 4.87. The normalized spacial score (nSPS) is 19.8. The molecule has 18 heavy (non-hydrogen) atoms. The van der Waals surface area contributed by atoms with E-state index in [0.29, 0.717) is 12.1 Å². The third-order valence-electron chi connectivity index (χ3n) is 3.27. The van der Waals surface area contributed by atoms with Crippen molar-refractivity contribution in [2.75, 3.05) is 18.5 Å². The Morgan fingerprint density at radius 1 is 1.17 bits per heavy atom. The average Bonchev–Trinajstić information content (AvgIpc) is 2.45. The first kappa shape index (κ1) is 13.2. The Labute approximate surface area is 108 Å². The molecular formula is C13H22N4O. The van der Waals surface area contributed by atoms with E-state index in [9.17, 15) is 0 Å². The largest absolute Gasteiger partial charge is 0.376 e. The van der Waals surface area contributed by atoms with Crippen molar-refractivity contribution in [3.8, 4) is 0 Å². The minimum Gasteiger partial charge on any atom is -0.376 e. The molecule has 0 aromatic carbocycles. The van der Waals surface area contributed by atoms with E-state index in [1.165, 1.54) is 12.8 Å². The summed E-state index contributed by atoms with van der Waals surface area (Å²) in [4.78, 5) is 4.51. The summed E-state index contributed by atoms with van der Waals surface area (Å²) in [6.07, 6.45) is 5.62. The van der Waals surface area contributed by atoms with Crippen LogP contribution in [0.5, 0.6) is 0 Å². The van der Waals surface area contributed by atoms with Crippen LogP contribution in [-0.4, -0.2) is 34.4 Å². The number of nitrogens with zero attached hydrogens (tertiary/aromatic N) is 3. The standard InChI is InChI=1S/C13H22N4O/c1-3-11-12(4-2)16-17-13(15-11)14-9-10-7-5-6-8-18-10/h10H,3-9H2,1-2H3,(H,14,15,17). The van der Waals surface area contributed by atoms with Crippen LogP contribution in [0.15, 0.2) is 0 Å². The summed E-state index contributed by atoms with van der Waals surface area (Å²) in [6.45, 7) is 5.82. The molecule has 1 N–H and O–H groups in total. The molecule has 5 nitrogen and oxygen atoms in total. The van der Waals surface area contributed by atoms with Gasteiger partial charge in [-0.2, -0.15) is 5.10 Å². The Hall–Kier alpha value is -1.23. The van der Waals surface area contributed by atoms with Gasteiger partial charge in [-0.25, -0.2) is 4.98 Å². The van der Waals surface area contributed by atoms with Gasteiger partial charge in [-0.05, 0) is 32.1 Å². The lowest BCUT2D eigenvalue weighted by atomic mass is 10.1. The second-order valence-electron chi connectivity index (χ2n) is 4.61. The molecule has 1 aliphatic rings. The SMILES string of the molecule is CCc1nnc(NCC2CCCCO2)nc1CC. The van der Waals surface area contributed by atoms with Gasteiger partial charge < -0.3 is 10.1 Å². The Morgan fingerprint density at radius 3 is 2.67 bits per heavy atom.